The van der Waals surface area contributed by atoms with Crippen LogP contribution in [0.1, 0.15) is 36.6 Å². The van der Waals surface area contributed by atoms with Crippen LogP contribution in [0.2, 0.25) is 0 Å². The Balaban J connectivity index is 2.21. The van der Waals surface area contributed by atoms with Gasteiger partial charge in [-0.25, -0.2) is 0 Å². The van der Waals surface area contributed by atoms with Gasteiger partial charge in [0.15, 0.2) is 11.5 Å². The molecule has 2 aromatic carbocycles. The number of para-hydroxylation sites is 1. The molecule has 35 heavy (non-hydrogen) atoms. The first-order chi connectivity index (χ1) is 16.8. The monoisotopic (exact) mass is 482 g/mol. The van der Waals surface area contributed by atoms with Gasteiger partial charge in [0.1, 0.15) is 11.5 Å². The Morgan fingerprint density at radius 3 is 2.26 bits per heavy atom. The van der Waals surface area contributed by atoms with Gasteiger partial charge in [0.25, 0.3) is 11.7 Å². The average molecular weight is 483 g/mol. The minimum atomic E-state index is -0.835. The number of likely N-dealkylation sites (N-methyl/N-ethyl adjacent to an activating group) is 1. The van der Waals surface area contributed by atoms with E-state index in [0.29, 0.717) is 41.5 Å². The number of carbonyl (C=O) groups is 2. The second-order valence-electron chi connectivity index (χ2n) is 8.29. The second-order valence-corrected chi connectivity index (χ2v) is 8.29. The molecule has 3 rings (SSSR count). The maximum absolute atomic E-state index is 13.3. The molecule has 0 unspecified atom stereocenters. The topological polar surface area (TPSA) is 88.5 Å². The number of aryl methyl sites for hydroxylation is 1. The van der Waals surface area contributed by atoms with Crippen LogP contribution in [0.5, 0.6) is 17.2 Å². The highest BCUT2D eigenvalue weighted by Gasteiger charge is 2.47. The third-order valence-corrected chi connectivity index (χ3v) is 6.49. The number of hydrogen-bond acceptors (Lipinski definition) is 7. The first-order valence-corrected chi connectivity index (χ1v) is 11.7. The Morgan fingerprint density at radius 1 is 1.00 bits per heavy atom. The van der Waals surface area contributed by atoms with Crippen molar-refractivity contribution in [3.63, 3.8) is 0 Å². The van der Waals surface area contributed by atoms with E-state index >= 15 is 0 Å². The first kappa shape index (κ1) is 26.1. The molecule has 1 saturated heterocycles. The number of Topliss-reactive ketones (excluding diaryl/α,β-unsaturated/α-hetero) is 1. The summed E-state index contributed by atoms with van der Waals surface area (Å²) in [6.45, 7) is 8.48. The number of ketones is 1. The van der Waals surface area contributed by atoms with E-state index in [0.717, 1.165) is 18.7 Å². The van der Waals surface area contributed by atoms with E-state index in [1.807, 2.05) is 20.8 Å². The molecular formula is C27H34N2O6. The number of nitrogens with zero attached hydrogens (tertiary/aromatic N) is 2. The SMILES string of the molecule is CCN(CC)CCN1C(=O)C(=O)/C(=C(/O)c2ccc(OC)c(C)c2)[C@H]1c1cccc(OC)c1OC. The van der Waals surface area contributed by atoms with Crippen molar-refractivity contribution in [3.05, 3.63) is 58.7 Å². The number of amides is 1. The molecule has 1 N–H and O–H groups in total. The standard InChI is InChI=1S/C27H34N2O6/c1-7-28(8-2)14-15-29-23(19-10-9-11-21(34-5)26(19)35-6)22(25(31)27(29)32)24(30)18-12-13-20(33-4)17(3)16-18/h9-13,16,23,30H,7-8,14-15H2,1-6H3/b24-22+/t23-/m1/s1. The van der Waals surface area contributed by atoms with E-state index in [1.54, 1.807) is 43.5 Å². The van der Waals surface area contributed by atoms with Crippen LogP contribution in [0, 0.1) is 6.92 Å². The van der Waals surface area contributed by atoms with Crippen molar-refractivity contribution in [2.24, 2.45) is 0 Å². The minimum absolute atomic E-state index is 0.0191. The predicted molar refractivity (Wildman–Crippen MR) is 134 cm³/mol. The molecule has 1 atom stereocenters. The van der Waals surface area contributed by atoms with E-state index < -0.39 is 17.7 Å². The normalized spacial score (nSPS) is 17.2. The Bertz CT molecular complexity index is 1120. The molecule has 0 aromatic heterocycles. The lowest BCUT2D eigenvalue weighted by molar-refractivity contribution is -0.140. The predicted octanol–water partition coefficient (Wildman–Crippen LogP) is 3.78. The first-order valence-electron chi connectivity index (χ1n) is 11.7. The van der Waals surface area contributed by atoms with Gasteiger partial charge in [-0.2, -0.15) is 0 Å². The average Bonchev–Trinajstić information content (AvgIpc) is 3.12. The van der Waals surface area contributed by atoms with Crippen molar-refractivity contribution >= 4 is 17.4 Å². The van der Waals surface area contributed by atoms with Crippen molar-refractivity contribution in [1.82, 2.24) is 9.80 Å². The fraction of sp³-hybridized carbons (Fsp3) is 0.407. The fourth-order valence-electron chi connectivity index (χ4n) is 4.53. The zero-order chi connectivity index (χ0) is 25.7. The minimum Gasteiger partial charge on any atom is -0.507 e. The van der Waals surface area contributed by atoms with Crippen LogP contribution in [-0.4, -0.2) is 74.1 Å². The number of aliphatic hydroxyl groups excluding tert-OH is 1. The van der Waals surface area contributed by atoms with E-state index in [-0.39, 0.29) is 11.3 Å². The van der Waals surface area contributed by atoms with Crippen LogP contribution < -0.4 is 14.2 Å². The Hall–Kier alpha value is -3.52. The number of aliphatic hydroxyl groups is 1. The lowest BCUT2D eigenvalue weighted by Gasteiger charge is -2.29. The summed E-state index contributed by atoms with van der Waals surface area (Å²) in [6.07, 6.45) is 0. The number of rotatable bonds is 10. The van der Waals surface area contributed by atoms with Gasteiger partial charge in [0.05, 0.1) is 32.9 Å². The molecule has 8 heteroatoms. The van der Waals surface area contributed by atoms with E-state index in [1.165, 1.54) is 19.1 Å². The summed E-state index contributed by atoms with van der Waals surface area (Å²) in [5, 5.41) is 11.4. The second kappa shape index (κ2) is 11.3. The van der Waals surface area contributed by atoms with Crippen molar-refractivity contribution < 1.29 is 28.9 Å². The lowest BCUT2D eigenvalue weighted by Crippen LogP contribution is -2.38. The highest BCUT2D eigenvalue weighted by atomic mass is 16.5. The van der Waals surface area contributed by atoms with Crippen LogP contribution in [0.3, 0.4) is 0 Å². The van der Waals surface area contributed by atoms with Crippen LogP contribution >= 0.6 is 0 Å². The molecule has 0 aliphatic carbocycles. The molecule has 0 radical (unpaired) electrons. The molecule has 1 aliphatic rings. The number of hydrogen-bond donors (Lipinski definition) is 1. The summed E-state index contributed by atoms with van der Waals surface area (Å²) >= 11 is 0. The number of ether oxygens (including phenoxy) is 3. The smallest absolute Gasteiger partial charge is 0.295 e. The largest absolute Gasteiger partial charge is 0.507 e. The van der Waals surface area contributed by atoms with Gasteiger partial charge in [0, 0.05) is 24.2 Å². The van der Waals surface area contributed by atoms with Crippen molar-refractivity contribution in [2.45, 2.75) is 26.8 Å². The van der Waals surface area contributed by atoms with E-state index in [2.05, 4.69) is 4.90 Å². The molecule has 0 spiro atoms. The molecule has 2 aromatic rings. The molecule has 0 saturated carbocycles. The Morgan fingerprint density at radius 2 is 1.69 bits per heavy atom. The Labute approximate surface area is 206 Å². The zero-order valence-electron chi connectivity index (χ0n) is 21.3. The number of carbonyl (C=O) groups excluding carboxylic acids is 2. The maximum Gasteiger partial charge on any atom is 0.295 e. The molecule has 1 fully saturated rings. The molecule has 0 bridgehead atoms. The van der Waals surface area contributed by atoms with Crippen molar-refractivity contribution in [1.29, 1.82) is 0 Å². The fourth-order valence-corrected chi connectivity index (χ4v) is 4.53. The molecule has 188 valence electrons. The number of benzene rings is 2. The summed E-state index contributed by atoms with van der Waals surface area (Å²) in [5.41, 5.74) is 1.81. The zero-order valence-corrected chi connectivity index (χ0v) is 21.3. The molecular weight excluding hydrogens is 448 g/mol. The third-order valence-electron chi connectivity index (χ3n) is 6.49. The Kier molecular flexibility index (Phi) is 8.40. The van der Waals surface area contributed by atoms with Gasteiger partial charge < -0.3 is 29.1 Å². The molecule has 1 heterocycles. The van der Waals surface area contributed by atoms with Crippen LogP contribution in [0.15, 0.2) is 42.0 Å². The molecule has 1 aliphatic heterocycles. The quantitative estimate of drug-likeness (QED) is 0.313. The van der Waals surface area contributed by atoms with Crippen molar-refractivity contribution in [2.75, 3.05) is 47.5 Å². The lowest BCUT2D eigenvalue weighted by atomic mass is 9.94. The highest BCUT2D eigenvalue weighted by Crippen LogP contribution is 2.45. The summed E-state index contributed by atoms with van der Waals surface area (Å²) in [5.74, 6) is -0.0862. The summed E-state index contributed by atoms with van der Waals surface area (Å²) in [4.78, 5) is 30.3. The summed E-state index contributed by atoms with van der Waals surface area (Å²) in [6, 6.07) is 9.60. The summed E-state index contributed by atoms with van der Waals surface area (Å²) in [7, 11) is 4.60. The molecule has 8 nitrogen and oxygen atoms in total. The summed E-state index contributed by atoms with van der Waals surface area (Å²) < 4.78 is 16.4. The highest BCUT2D eigenvalue weighted by molar-refractivity contribution is 6.46. The van der Waals surface area contributed by atoms with Gasteiger partial charge in [-0.05, 0) is 49.8 Å². The molecule has 1 amide bonds. The van der Waals surface area contributed by atoms with Crippen LogP contribution in [0.25, 0.3) is 5.76 Å². The van der Waals surface area contributed by atoms with Crippen LogP contribution in [0.4, 0.5) is 0 Å². The van der Waals surface area contributed by atoms with Crippen LogP contribution in [-0.2, 0) is 9.59 Å². The van der Waals surface area contributed by atoms with E-state index in [4.69, 9.17) is 14.2 Å². The van der Waals surface area contributed by atoms with Crippen molar-refractivity contribution in [3.8, 4) is 17.2 Å². The van der Waals surface area contributed by atoms with Gasteiger partial charge in [-0.15, -0.1) is 0 Å². The van der Waals surface area contributed by atoms with Gasteiger partial charge in [-0.3, -0.25) is 9.59 Å². The van der Waals surface area contributed by atoms with E-state index in [9.17, 15) is 14.7 Å². The third kappa shape index (κ3) is 4.98. The van der Waals surface area contributed by atoms with Gasteiger partial charge in [0.2, 0.25) is 0 Å². The maximum atomic E-state index is 13.3. The van der Waals surface area contributed by atoms with Gasteiger partial charge >= 0.3 is 0 Å². The number of methoxy groups -OCH3 is 3. The van der Waals surface area contributed by atoms with Gasteiger partial charge in [-0.1, -0.05) is 26.0 Å². The number of likely N-dealkylation sites (tertiary alicyclic amines) is 1.